The molecule has 0 saturated heterocycles. The first-order chi connectivity index (χ1) is 6.73. The van der Waals surface area contributed by atoms with Crippen molar-refractivity contribution in [1.29, 1.82) is 0 Å². The Bertz CT molecular complexity index is 490. The Labute approximate surface area is 94.4 Å². The first-order valence-electron chi connectivity index (χ1n) is 3.63. The molecule has 1 aromatic rings. The quantitative estimate of drug-likeness (QED) is 0.616. The third-order valence-electron chi connectivity index (χ3n) is 1.70. The molecule has 0 aliphatic rings. The molecule has 15 heavy (non-hydrogen) atoms. The van der Waals surface area contributed by atoms with E-state index in [0.29, 0.717) is 0 Å². The third kappa shape index (κ3) is 2.76. The molecule has 0 aliphatic heterocycles. The number of pyridine rings is 1. The molecular formula is C7H5Cl2F2NO2S. The normalized spacial score (nSPS) is 12.1. The molecule has 1 heterocycles. The van der Waals surface area contributed by atoms with E-state index in [1.807, 2.05) is 0 Å². The van der Waals surface area contributed by atoms with Crippen molar-refractivity contribution in [2.45, 2.75) is 18.4 Å². The van der Waals surface area contributed by atoms with Crippen LogP contribution in [0.2, 0.25) is 5.15 Å². The zero-order valence-corrected chi connectivity index (χ0v) is 9.67. The summed E-state index contributed by atoms with van der Waals surface area (Å²) in [7, 11) is 0.850. The van der Waals surface area contributed by atoms with Gasteiger partial charge >= 0.3 is 0 Å². The summed E-state index contributed by atoms with van der Waals surface area (Å²) in [5, 5.41) is -0.970. The Morgan fingerprint density at radius 3 is 2.40 bits per heavy atom. The van der Waals surface area contributed by atoms with Crippen molar-refractivity contribution in [1.82, 2.24) is 4.98 Å². The number of nitrogens with zero attached hydrogens (tertiary/aromatic N) is 1. The van der Waals surface area contributed by atoms with E-state index in [0.717, 1.165) is 6.07 Å². The highest BCUT2D eigenvalue weighted by atomic mass is 35.7. The molecule has 0 aliphatic carbocycles. The van der Waals surface area contributed by atoms with Gasteiger partial charge in [-0.1, -0.05) is 11.6 Å². The molecule has 0 atom stereocenters. The first-order valence-corrected chi connectivity index (χ1v) is 6.32. The summed E-state index contributed by atoms with van der Waals surface area (Å²) >= 11 is 5.40. The van der Waals surface area contributed by atoms with E-state index in [-0.39, 0.29) is 10.7 Å². The van der Waals surface area contributed by atoms with Gasteiger partial charge in [0, 0.05) is 16.2 Å². The Morgan fingerprint density at radius 2 is 2.00 bits per heavy atom. The summed E-state index contributed by atoms with van der Waals surface area (Å²) in [6.45, 7) is 1.19. The average Bonchev–Trinajstić information content (AvgIpc) is 2.06. The maximum absolute atomic E-state index is 12.5. The van der Waals surface area contributed by atoms with Crippen molar-refractivity contribution < 1.29 is 17.2 Å². The molecule has 0 spiro atoms. The second-order valence-corrected chi connectivity index (χ2v) is 5.57. The number of hydrogen-bond donors (Lipinski definition) is 0. The molecular weight excluding hydrogens is 271 g/mol. The standard InChI is InChI=1S/C7H5Cl2F2NO2S/c1-3-4(6(10)11)2-5(8)12-7(3)15(9,13)14/h2,6H,1H3. The Balaban J connectivity index is 3.56. The maximum atomic E-state index is 12.5. The molecule has 84 valence electrons. The maximum Gasteiger partial charge on any atom is 0.278 e. The summed E-state index contributed by atoms with van der Waals surface area (Å²) in [4.78, 5) is 3.40. The molecule has 0 unspecified atom stereocenters. The monoisotopic (exact) mass is 275 g/mol. The van der Waals surface area contributed by atoms with Gasteiger partial charge in [0.25, 0.3) is 15.5 Å². The van der Waals surface area contributed by atoms with Gasteiger partial charge in [0.1, 0.15) is 5.15 Å². The van der Waals surface area contributed by atoms with Crippen molar-refractivity contribution in [3.8, 4) is 0 Å². The number of halogens is 4. The molecule has 0 radical (unpaired) electrons. The fourth-order valence-corrected chi connectivity index (χ4v) is 2.43. The molecule has 0 amide bonds. The van der Waals surface area contributed by atoms with Gasteiger partial charge in [-0.3, -0.25) is 0 Å². The minimum Gasteiger partial charge on any atom is -0.223 e. The Kier molecular flexibility index (Phi) is 3.52. The Morgan fingerprint density at radius 1 is 1.47 bits per heavy atom. The number of hydrogen-bond acceptors (Lipinski definition) is 3. The van der Waals surface area contributed by atoms with Crippen molar-refractivity contribution in [3.05, 3.63) is 22.3 Å². The molecule has 1 aromatic heterocycles. The smallest absolute Gasteiger partial charge is 0.223 e. The van der Waals surface area contributed by atoms with E-state index in [1.165, 1.54) is 6.92 Å². The molecule has 3 nitrogen and oxygen atoms in total. The fourth-order valence-electron chi connectivity index (χ4n) is 1.04. The minimum absolute atomic E-state index is 0.190. The van der Waals surface area contributed by atoms with Gasteiger partial charge < -0.3 is 0 Å². The summed E-state index contributed by atoms with van der Waals surface area (Å²) in [5.41, 5.74) is -0.682. The van der Waals surface area contributed by atoms with E-state index in [9.17, 15) is 17.2 Å². The third-order valence-corrected chi connectivity index (χ3v) is 3.19. The van der Waals surface area contributed by atoms with E-state index < -0.39 is 26.1 Å². The number of alkyl halides is 2. The molecule has 8 heteroatoms. The van der Waals surface area contributed by atoms with E-state index >= 15 is 0 Å². The van der Waals surface area contributed by atoms with Crippen LogP contribution in [-0.2, 0) is 9.05 Å². The van der Waals surface area contributed by atoms with Gasteiger partial charge in [-0.05, 0) is 18.6 Å². The molecule has 0 aromatic carbocycles. The average molecular weight is 276 g/mol. The van der Waals surface area contributed by atoms with Crippen molar-refractivity contribution >= 4 is 31.3 Å². The zero-order chi connectivity index (χ0) is 11.8. The van der Waals surface area contributed by atoms with Crippen LogP contribution in [0.3, 0.4) is 0 Å². The van der Waals surface area contributed by atoms with Crippen LogP contribution in [0.1, 0.15) is 17.6 Å². The van der Waals surface area contributed by atoms with Crippen molar-refractivity contribution in [2.24, 2.45) is 0 Å². The topological polar surface area (TPSA) is 47.0 Å². The van der Waals surface area contributed by atoms with Gasteiger partial charge in [-0.25, -0.2) is 22.2 Å². The van der Waals surface area contributed by atoms with Gasteiger partial charge in [-0.15, -0.1) is 0 Å². The Hall–Kier alpha value is -0.460. The van der Waals surface area contributed by atoms with E-state index in [2.05, 4.69) is 4.98 Å². The van der Waals surface area contributed by atoms with Crippen molar-refractivity contribution in [3.63, 3.8) is 0 Å². The van der Waals surface area contributed by atoms with Gasteiger partial charge in [0.2, 0.25) is 0 Å². The van der Waals surface area contributed by atoms with Gasteiger partial charge in [0.15, 0.2) is 5.03 Å². The van der Waals surface area contributed by atoms with Crippen LogP contribution in [0.25, 0.3) is 0 Å². The lowest BCUT2D eigenvalue weighted by Crippen LogP contribution is -2.03. The molecule has 0 fully saturated rings. The van der Waals surface area contributed by atoms with Crippen LogP contribution in [0.5, 0.6) is 0 Å². The summed E-state index contributed by atoms with van der Waals surface area (Å²) in [6.07, 6.45) is -2.83. The fraction of sp³-hybridized carbons (Fsp3) is 0.286. The highest BCUT2D eigenvalue weighted by molar-refractivity contribution is 8.13. The lowest BCUT2D eigenvalue weighted by atomic mass is 10.2. The second kappa shape index (κ2) is 4.19. The summed E-state index contributed by atoms with van der Waals surface area (Å²) < 4.78 is 46.9. The summed E-state index contributed by atoms with van der Waals surface area (Å²) in [6, 6.07) is 0.910. The number of rotatable bonds is 2. The predicted octanol–water partition coefficient (Wildman–Crippen LogP) is 2.91. The van der Waals surface area contributed by atoms with Crippen molar-refractivity contribution in [2.75, 3.05) is 0 Å². The molecule has 0 N–H and O–H groups in total. The van der Waals surface area contributed by atoms with Crippen LogP contribution in [0.15, 0.2) is 11.1 Å². The second-order valence-electron chi connectivity index (χ2n) is 2.70. The lowest BCUT2D eigenvalue weighted by Gasteiger charge is -2.08. The SMILES string of the molecule is Cc1c(C(F)F)cc(Cl)nc1S(=O)(=O)Cl. The molecule has 0 bridgehead atoms. The molecule has 0 saturated carbocycles. The predicted molar refractivity (Wildman–Crippen MR) is 52.0 cm³/mol. The summed E-state index contributed by atoms with van der Waals surface area (Å²) in [5.74, 6) is 0. The first kappa shape index (κ1) is 12.6. The van der Waals surface area contributed by atoms with Crippen LogP contribution < -0.4 is 0 Å². The van der Waals surface area contributed by atoms with Crippen LogP contribution in [0.4, 0.5) is 8.78 Å². The van der Waals surface area contributed by atoms with E-state index in [4.69, 9.17) is 22.3 Å². The highest BCUT2D eigenvalue weighted by Gasteiger charge is 2.22. The van der Waals surface area contributed by atoms with E-state index in [1.54, 1.807) is 0 Å². The lowest BCUT2D eigenvalue weighted by molar-refractivity contribution is 0.150. The van der Waals surface area contributed by atoms with Crippen LogP contribution in [0, 0.1) is 6.92 Å². The highest BCUT2D eigenvalue weighted by Crippen LogP contribution is 2.29. The molecule has 1 rings (SSSR count). The minimum atomic E-state index is -4.17. The van der Waals surface area contributed by atoms with Crippen LogP contribution >= 0.6 is 22.3 Å². The number of aromatic nitrogens is 1. The zero-order valence-electron chi connectivity index (χ0n) is 7.34. The van der Waals surface area contributed by atoms with Gasteiger partial charge in [0.05, 0.1) is 0 Å². The van der Waals surface area contributed by atoms with Gasteiger partial charge in [-0.2, -0.15) is 0 Å². The largest absolute Gasteiger partial charge is 0.278 e. The van der Waals surface area contributed by atoms with Crippen LogP contribution in [-0.4, -0.2) is 13.4 Å².